The number of carbonyl (C=O) groups excluding carboxylic acids is 2. The predicted octanol–water partition coefficient (Wildman–Crippen LogP) is -2.52. The molecule has 17 heteroatoms. The highest BCUT2D eigenvalue weighted by Gasteiger charge is 2.48. The van der Waals surface area contributed by atoms with Gasteiger partial charge < -0.3 is 74.0 Å². The number of phenols is 1. The zero-order chi connectivity index (χ0) is 35.1. The molecule has 0 spiro atoms. The van der Waals surface area contributed by atoms with Crippen molar-refractivity contribution in [2.24, 2.45) is 5.92 Å². The molecule has 0 amide bonds. The number of allylic oxidation sites excluding steroid dienone is 1. The van der Waals surface area contributed by atoms with Gasteiger partial charge in [0.2, 0.25) is 6.29 Å². The third-order valence-corrected chi connectivity index (χ3v) is 8.29. The predicted molar refractivity (Wildman–Crippen MR) is 157 cm³/mol. The first kappa shape index (κ1) is 37.6. The van der Waals surface area contributed by atoms with Crippen molar-refractivity contribution in [3.63, 3.8) is 0 Å². The molecular weight excluding hydrogens is 644 g/mol. The number of esters is 2. The Morgan fingerprint density at radius 3 is 2.12 bits per heavy atom. The van der Waals surface area contributed by atoms with Crippen LogP contribution in [-0.4, -0.2) is 147 Å². The van der Waals surface area contributed by atoms with Crippen molar-refractivity contribution >= 4 is 11.9 Å². The average molecular weight is 687 g/mol. The smallest absolute Gasteiger partial charge is 0.337 e. The van der Waals surface area contributed by atoms with E-state index in [1.807, 2.05) is 0 Å². The first-order chi connectivity index (χ1) is 22.9. The molecule has 0 saturated carbocycles. The highest BCUT2D eigenvalue weighted by atomic mass is 16.8. The van der Waals surface area contributed by atoms with Crippen molar-refractivity contribution in [2.75, 3.05) is 26.9 Å². The summed E-state index contributed by atoms with van der Waals surface area (Å²) in [6, 6.07) is 6.37. The van der Waals surface area contributed by atoms with Crippen molar-refractivity contribution in [1.29, 1.82) is 0 Å². The molecule has 17 nitrogen and oxygen atoms in total. The fraction of sp³-hybridized carbons (Fsp3) is 0.613. The lowest BCUT2D eigenvalue weighted by Crippen LogP contribution is -2.60. The zero-order valence-corrected chi connectivity index (χ0v) is 26.2. The fourth-order valence-electron chi connectivity index (χ4n) is 5.47. The first-order valence-electron chi connectivity index (χ1n) is 15.2. The standard InChI is InChI=1S/C31H42O17/c1-3-16-17(18(28(41)42-2)12-45-29(16)48-31-27(40)24(37)22(35)19(11-32)46-31)10-21(34)44-13-20-23(36)25(38)26(39)30(47-20)43-9-8-14-4-6-15(33)7-5-14/h3-7,12,17,19-20,22-27,29-33,35-40H,8-11,13H2,1-2H3/b16-3+/t17-,19-,20+,22+,23+,24-,25-,26+,27+,29-,30-,31+/m0/s1. The van der Waals surface area contributed by atoms with Gasteiger partial charge in [0.05, 0.1) is 38.6 Å². The van der Waals surface area contributed by atoms with Gasteiger partial charge in [0.25, 0.3) is 0 Å². The number of phenolic OH excluding ortho intramolecular Hbond substituents is 1. The van der Waals surface area contributed by atoms with Crippen LogP contribution in [0, 0.1) is 5.92 Å². The number of hydrogen-bond donors (Lipinski definition) is 8. The molecule has 0 radical (unpaired) electrons. The lowest BCUT2D eigenvalue weighted by molar-refractivity contribution is -0.327. The Kier molecular flexibility index (Phi) is 13.3. The molecule has 3 heterocycles. The largest absolute Gasteiger partial charge is 0.508 e. The Labute approximate surface area is 275 Å². The minimum absolute atomic E-state index is 0.0483. The summed E-state index contributed by atoms with van der Waals surface area (Å²) in [5.41, 5.74) is 0.922. The number of benzene rings is 1. The highest BCUT2D eigenvalue weighted by Crippen LogP contribution is 2.36. The summed E-state index contributed by atoms with van der Waals surface area (Å²) in [4.78, 5) is 25.7. The third kappa shape index (κ3) is 8.68. The van der Waals surface area contributed by atoms with Crippen LogP contribution in [0.3, 0.4) is 0 Å². The number of ether oxygens (including phenoxy) is 7. The van der Waals surface area contributed by atoms with E-state index in [4.69, 9.17) is 33.2 Å². The summed E-state index contributed by atoms with van der Waals surface area (Å²) >= 11 is 0. The molecule has 8 N–H and O–H groups in total. The second-order valence-corrected chi connectivity index (χ2v) is 11.4. The van der Waals surface area contributed by atoms with E-state index in [1.165, 1.54) is 18.2 Å². The van der Waals surface area contributed by atoms with E-state index in [2.05, 4.69) is 0 Å². The van der Waals surface area contributed by atoms with Crippen molar-refractivity contribution in [3.8, 4) is 5.75 Å². The summed E-state index contributed by atoms with van der Waals surface area (Å²) in [6.45, 7) is 0.335. The zero-order valence-electron chi connectivity index (χ0n) is 26.2. The topological polar surface area (TPSA) is 261 Å². The van der Waals surface area contributed by atoms with Gasteiger partial charge in [0.1, 0.15) is 61.2 Å². The van der Waals surface area contributed by atoms with Gasteiger partial charge in [-0.2, -0.15) is 0 Å². The maximum absolute atomic E-state index is 13.1. The lowest BCUT2D eigenvalue weighted by Gasteiger charge is -2.42. The molecule has 0 unspecified atom stereocenters. The summed E-state index contributed by atoms with van der Waals surface area (Å²) in [7, 11) is 1.12. The Morgan fingerprint density at radius 1 is 0.875 bits per heavy atom. The van der Waals surface area contributed by atoms with Gasteiger partial charge >= 0.3 is 11.9 Å². The Morgan fingerprint density at radius 2 is 1.50 bits per heavy atom. The molecule has 3 aliphatic heterocycles. The summed E-state index contributed by atoms with van der Waals surface area (Å²) in [5.74, 6) is -2.69. The summed E-state index contributed by atoms with van der Waals surface area (Å²) in [5, 5.41) is 80.8. The van der Waals surface area contributed by atoms with E-state index < -0.39 is 105 Å². The van der Waals surface area contributed by atoms with Crippen LogP contribution in [0.2, 0.25) is 0 Å². The van der Waals surface area contributed by atoms with Crippen LogP contribution in [0.4, 0.5) is 0 Å². The van der Waals surface area contributed by atoms with Crippen LogP contribution in [-0.2, 0) is 49.2 Å². The minimum atomic E-state index is -1.75. The van der Waals surface area contributed by atoms with E-state index in [-0.39, 0.29) is 23.5 Å². The monoisotopic (exact) mass is 686 g/mol. The Hall–Kier alpha value is -3.20. The number of aliphatic hydroxyl groups excluding tert-OH is 7. The molecular formula is C31H42O17. The van der Waals surface area contributed by atoms with Crippen LogP contribution in [0.1, 0.15) is 18.9 Å². The van der Waals surface area contributed by atoms with E-state index >= 15 is 0 Å². The number of rotatable bonds is 12. The van der Waals surface area contributed by atoms with E-state index in [0.29, 0.717) is 6.42 Å². The SMILES string of the molecule is C/C=C1/[C@H](O[C@H]2O[C@@H](CO)[C@@H](O)[C@H](O)[C@H]2O)OC=C(C(=O)OC)[C@H]1CC(=O)OC[C@H]1O[C@H](OCCc2ccc(O)cc2)[C@H](O)[C@@H](O)[C@@H]1O. The quantitative estimate of drug-likeness (QED) is 0.0834. The second kappa shape index (κ2) is 17.0. The second-order valence-electron chi connectivity index (χ2n) is 11.4. The van der Waals surface area contributed by atoms with Gasteiger partial charge in [-0.15, -0.1) is 0 Å². The molecule has 2 fully saturated rings. The van der Waals surface area contributed by atoms with Crippen molar-refractivity contribution in [3.05, 3.63) is 53.3 Å². The van der Waals surface area contributed by atoms with Crippen LogP contribution in [0.25, 0.3) is 0 Å². The summed E-state index contributed by atoms with van der Waals surface area (Å²) in [6.07, 6.45) is -14.6. The van der Waals surface area contributed by atoms with Gasteiger partial charge in [0, 0.05) is 11.5 Å². The van der Waals surface area contributed by atoms with Crippen molar-refractivity contribution < 1.29 is 83.6 Å². The van der Waals surface area contributed by atoms with Crippen molar-refractivity contribution in [2.45, 2.75) is 87.5 Å². The molecule has 4 rings (SSSR count). The fourth-order valence-corrected chi connectivity index (χ4v) is 5.47. The van der Waals surface area contributed by atoms with Crippen LogP contribution in [0.15, 0.2) is 47.7 Å². The number of methoxy groups -OCH3 is 1. The average Bonchev–Trinajstić information content (AvgIpc) is 3.08. The minimum Gasteiger partial charge on any atom is -0.508 e. The van der Waals surface area contributed by atoms with Crippen molar-refractivity contribution in [1.82, 2.24) is 0 Å². The highest BCUT2D eigenvalue weighted by molar-refractivity contribution is 5.90. The molecule has 0 bridgehead atoms. The molecule has 3 aliphatic rings. The molecule has 268 valence electrons. The number of hydrogen-bond acceptors (Lipinski definition) is 17. The maximum atomic E-state index is 13.1. The normalized spacial score (nSPS) is 36.2. The molecule has 48 heavy (non-hydrogen) atoms. The maximum Gasteiger partial charge on any atom is 0.337 e. The van der Waals surface area contributed by atoms with Gasteiger partial charge in [-0.3, -0.25) is 4.79 Å². The first-order valence-corrected chi connectivity index (χ1v) is 15.2. The molecule has 0 aromatic heterocycles. The molecule has 1 aromatic rings. The number of carbonyl (C=O) groups is 2. The van der Waals surface area contributed by atoms with E-state index in [1.54, 1.807) is 19.1 Å². The van der Waals surface area contributed by atoms with Gasteiger partial charge in [0.15, 0.2) is 12.6 Å². The van der Waals surface area contributed by atoms with Crippen LogP contribution < -0.4 is 0 Å². The molecule has 12 atom stereocenters. The number of aromatic hydroxyl groups is 1. The Balaban J connectivity index is 1.39. The van der Waals surface area contributed by atoms with Crippen LogP contribution >= 0.6 is 0 Å². The van der Waals surface area contributed by atoms with E-state index in [0.717, 1.165) is 18.9 Å². The molecule has 0 aliphatic carbocycles. The van der Waals surface area contributed by atoms with Gasteiger partial charge in [-0.05, 0) is 31.0 Å². The Bertz CT molecular complexity index is 1280. The third-order valence-electron chi connectivity index (χ3n) is 8.29. The van der Waals surface area contributed by atoms with Gasteiger partial charge in [-0.25, -0.2) is 4.79 Å². The molecule has 1 aromatic carbocycles. The number of aliphatic hydroxyl groups is 7. The molecule has 2 saturated heterocycles. The van der Waals surface area contributed by atoms with Gasteiger partial charge in [-0.1, -0.05) is 18.2 Å². The summed E-state index contributed by atoms with van der Waals surface area (Å²) < 4.78 is 38.0. The lowest BCUT2D eigenvalue weighted by atomic mass is 9.86. The van der Waals surface area contributed by atoms with E-state index in [9.17, 15) is 50.4 Å². The van der Waals surface area contributed by atoms with Crippen LogP contribution in [0.5, 0.6) is 5.75 Å².